The first kappa shape index (κ1) is 27.9. The molecule has 0 saturated carbocycles. The second kappa shape index (κ2) is 12.7. The Balaban J connectivity index is 1.13. The third-order valence-corrected chi connectivity index (χ3v) is 6.71. The largest absolute Gasteiger partial charge is 0.324 e. The first-order chi connectivity index (χ1) is 21.5. The van der Waals surface area contributed by atoms with Crippen molar-refractivity contribution in [1.82, 2.24) is 29.9 Å². The van der Waals surface area contributed by atoms with Crippen LogP contribution in [0, 0.1) is 13.8 Å². The molecule has 11 nitrogen and oxygen atoms in total. The minimum Gasteiger partial charge on any atom is -0.324 e. The fourth-order valence-electron chi connectivity index (χ4n) is 4.39. The van der Waals surface area contributed by atoms with Gasteiger partial charge in [0.15, 0.2) is 0 Å². The second-order valence-electron chi connectivity index (χ2n) is 9.90. The number of rotatable bonds is 8. The smallest absolute Gasteiger partial charge is 0.323 e. The lowest BCUT2D eigenvalue weighted by Crippen LogP contribution is -2.19. The number of aromatic nitrogens is 6. The van der Waals surface area contributed by atoms with Gasteiger partial charge in [0, 0.05) is 71.1 Å². The van der Waals surface area contributed by atoms with Gasteiger partial charge in [-0.2, -0.15) is 0 Å². The minimum atomic E-state index is -0.390. The molecule has 0 aliphatic carbocycles. The van der Waals surface area contributed by atoms with Crippen LogP contribution in [0.25, 0.3) is 22.5 Å². The Morgan fingerprint density at radius 3 is 1.50 bits per heavy atom. The molecule has 0 radical (unpaired) electrons. The third-order valence-electron chi connectivity index (χ3n) is 6.71. The van der Waals surface area contributed by atoms with Crippen LogP contribution in [-0.4, -0.2) is 35.9 Å². The Bertz CT molecular complexity index is 1780. The number of aryl methyl sites for hydroxylation is 2. The molecule has 0 aliphatic rings. The Kier molecular flexibility index (Phi) is 8.08. The summed E-state index contributed by atoms with van der Waals surface area (Å²) in [7, 11) is 0. The predicted molar refractivity (Wildman–Crippen MR) is 172 cm³/mol. The van der Waals surface area contributed by atoms with E-state index in [-0.39, 0.29) is 6.03 Å². The quantitative estimate of drug-likeness (QED) is 0.148. The van der Waals surface area contributed by atoms with Crippen LogP contribution in [0.4, 0.5) is 39.4 Å². The summed E-state index contributed by atoms with van der Waals surface area (Å²) in [6.45, 7) is 3.93. The molecule has 4 heterocycles. The van der Waals surface area contributed by atoms with Crippen LogP contribution in [-0.2, 0) is 0 Å². The van der Waals surface area contributed by atoms with E-state index in [1.54, 1.807) is 37.2 Å². The number of amides is 2. The Morgan fingerprint density at radius 1 is 0.591 bits per heavy atom. The number of pyridine rings is 2. The minimum absolute atomic E-state index is 0.390. The summed E-state index contributed by atoms with van der Waals surface area (Å²) in [5, 5.41) is 12.3. The average Bonchev–Trinajstić information content (AvgIpc) is 3.05. The van der Waals surface area contributed by atoms with Crippen molar-refractivity contribution in [2.24, 2.45) is 0 Å². The van der Waals surface area contributed by atoms with Gasteiger partial charge in [0.2, 0.25) is 11.9 Å². The Morgan fingerprint density at radius 2 is 1.07 bits per heavy atom. The van der Waals surface area contributed by atoms with Gasteiger partial charge in [0.05, 0.1) is 11.4 Å². The molecule has 0 atom stereocenters. The molecule has 216 valence electrons. The van der Waals surface area contributed by atoms with Crippen LogP contribution >= 0.6 is 0 Å². The van der Waals surface area contributed by atoms with Gasteiger partial charge in [-0.25, -0.2) is 24.7 Å². The zero-order valence-corrected chi connectivity index (χ0v) is 24.0. The van der Waals surface area contributed by atoms with Crippen molar-refractivity contribution in [2.75, 3.05) is 21.3 Å². The molecule has 0 fully saturated rings. The van der Waals surface area contributed by atoms with Gasteiger partial charge in [-0.15, -0.1) is 0 Å². The fraction of sp³-hybridized carbons (Fsp3) is 0.0606. The number of carbonyl (C=O) groups excluding carboxylic acids is 1. The summed E-state index contributed by atoms with van der Waals surface area (Å²) >= 11 is 0. The molecule has 0 bridgehead atoms. The molecule has 4 N–H and O–H groups in total. The summed E-state index contributed by atoms with van der Waals surface area (Å²) in [6, 6.07) is 22.0. The van der Waals surface area contributed by atoms with Gasteiger partial charge in [-0.05, 0) is 85.6 Å². The number of hydrogen-bond donors (Lipinski definition) is 4. The van der Waals surface area contributed by atoms with Crippen LogP contribution in [0.1, 0.15) is 11.1 Å². The van der Waals surface area contributed by atoms with Crippen molar-refractivity contribution < 1.29 is 4.79 Å². The van der Waals surface area contributed by atoms with Gasteiger partial charge >= 0.3 is 6.03 Å². The number of urea groups is 1. The van der Waals surface area contributed by atoms with E-state index in [1.807, 2.05) is 86.6 Å². The zero-order valence-electron chi connectivity index (χ0n) is 24.0. The summed E-state index contributed by atoms with van der Waals surface area (Å²) in [6.07, 6.45) is 10.3. The molecule has 0 aliphatic heterocycles. The molecular formula is C33H28N10O. The normalized spacial score (nSPS) is 10.6. The molecule has 0 spiro atoms. The number of benzene rings is 2. The molecule has 0 saturated heterocycles. The average molecular weight is 581 g/mol. The number of anilines is 6. The van der Waals surface area contributed by atoms with E-state index >= 15 is 0 Å². The standard InChI is InChI=1S/C33H28N10O/c1-21-7-9-25(17-29(21)42-31-36-15-11-27(40-31)23-5-3-13-34-19-23)38-33(44)39-26-10-8-22(2)30(18-26)43-32-37-16-12-28(41-32)24-6-4-14-35-20-24/h3-20H,1-2H3,(H,36,40,42)(H,37,41,43)(H2,38,39,44). The maximum atomic E-state index is 13.0. The highest BCUT2D eigenvalue weighted by Crippen LogP contribution is 2.26. The lowest BCUT2D eigenvalue weighted by Gasteiger charge is -2.14. The van der Waals surface area contributed by atoms with E-state index in [0.29, 0.717) is 23.3 Å². The summed E-state index contributed by atoms with van der Waals surface area (Å²) in [5.74, 6) is 0.872. The molecule has 4 aromatic heterocycles. The molecule has 44 heavy (non-hydrogen) atoms. The van der Waals surface area contributed by atoms with Crippen molar-refractivity contribution in [2.45, 2.75) is 13.8 Å². The van der Waals surface area contributed by atoms with Crippen molar-refractivity contribution in [1.29, 1.82) is 0 Å². The molecule has 0 unspecified atom stereocenters. The molecule has 6 rings (SSSR count). The SMILES string of the molecule is Cc1ccc(NC(=O)Nc2ccc(C)c(Nc3nccc(-c4cccnc4)n3)c2)cc1Nc1nccc(-c2cccnc2)n1. The van der Waals surface area contributed by atoms with E-state index in [1.165, 1.54) is 0 Å². The van der Waals surface area contributed by atoms with Crippen molar-refractivity contribution in [3.8, 4) is 22.5 Å². The second-order valence-corrected chi connectivity index (χ2v) is 9.90. The van der Waals surface area contributed by atoms with Gasteiger partial charge in [0.25, 0.3) is 0 Å². The van der Waals surface area contributed by atoms with E-state index in [4.69, 9.17) is 0 Å². The monoisotopic (exact) mass is 580 g/mol. The first-order valence-electron chi connectivity index (χ1n) is 13.8. The molecule has 2 amide bonds. The lowest BCUT2D eigenvalue weighted by molar-refractivity contribution is 0.262. The lowest BCUT2D eigenvalue weighted by atomic mass is 10.1. The van der Waals surface area contributed by atoms with Crippen molar-refractivity contribution in [3.63, 3.8) is 0 Å². The summed E-state index contributed by atoms with van der Waals surface area (Å²) in [4.78, 5) is 39.2. The van der Waals surface area contributed by atoms with Crippen LogP contribution in [0.2, 0.25) is 0 Å². The number of carbonyl (C=O) groups is 1. The number of nitrogens with one attached hydrogen (secondary N) is 4. The highest BCUT2D eigenvalue weighted by Gasteiger charge is 2.10. The van der Waals surface area contributed by atoms with Crippen molar-refractivity contribution in [3.05, 3.63) is 121 Å². The van der Waals surface area contributed by atoms with Gasteiger partial charge in [-0.1, -0.05) is 12.1 Å². The van der Waals surface area contributed by atoms with Crippen LogP contribution in [0.5, 0.6) is 0 Å². The fourth-order valence-corrected chi connectivity index (χ4v) is 4.39. The van der Waals surface area contributed by atoms with Gasteiger partial charge in [-0.3, -0.25) is 9.97 Å². The highest BCUT2D eigenvalue weighted by atomic mass is 16.2. The predicted octanol–water partition coefficient (Wildman–Crippen LogP) is 7.14. The molecule has 2 aromatic carbocycles. The van der Waals surface area contributed by atoms with Crippen molar-refractivity contribution >= 4 is 40.7 Å². The Hall–Kier alpha value is -6.23. The topological polar surface area (TPSA) is 143 Å². The summed E-state index contributed by atoms with van der Waals surface area (Å²) < 4.78 is 0. The maximum Gasteiger partial charge on any atom is 0.323 e. The number of nitrogens with zero attached hydrogens (tertiary/aromatic N) is 6. The highest BCUT2D eigenvalue weighted by molar-refractivity contribution is 6.00. The molecule has 6 aromatic rings. The van der Waals surface area contributed by atoms with E-state index < -0.39 is 0 Å². The number of hydrogen-bond acceptors (Lipinski definition) is 9. The van der Waals surface area contributed by atoms with Gasteiger partial charge in [0.1, 0.15) is 0 Å². The van der Waals surface area contributed by atoms with E-state index in [2.05, 4.69) is 51.2 Å². The maximum absolute atomic E-state index is 13.0. The van der Waals surface area contributed by atoms with Gasteiger partial charge < -0.3 is 21.3 Å². The zero-order chi connectivity index (χ0) is 30.3. The molecule has 11 heteroatoms. The Labute approximate surface area is 253 Å². The summed E-state index contributed by atoms with van der Waals surface area (Å²) in [5.41, 5.74) is 7.95. The molecular weight excluding hydrogens is 552 g/mol. The first-order valence-corrected chi connectivity index (χ1v) is 13.8. The van der Waals surface area contributed by atoms with Crippen LogP contribution in [0.15, 0.2) is 110 Å². The van der Waals surface area contributed by atoms with E-state index in [0.717, 1.165) is 45.0 Å². The van der Waals surface area contributed by atoms with Crippen LogP contribution < -0.4 is 21.3 Å². The third kappa shape index (κ3) is 6.80. The van der Waals surface area contributed by atoms with E-state index in [9.17, 15) is 4.79 Å². The van der Waals surface area contributed by atoms with Crippen LogP contribution in [0.3, 0.4) is 0 Å².